The highest BCUT2D eigenvalue weighted by molar-refractivity contribution is 5.74. The van der Waals surface area contributed by atoms with E-state index in [9.17, 15) is 4.79 Å². The average molecular weight is 313 g/mol. The number of urea groups is 1. The fourth-order valence-electron chi connectivity index (χ4n) is 3.13. The lowest BCUT2D eigenvalue weighted by molar-refractivity contribution is 0.148. The summed E-state index contributed by atoms with van der Waals surface area (Å²) in [5, 5.41) is 7.26. The Balaban J connectivity index is 1.68. The molecule has 1 fully saturated rings. The van der Waals surface area contributed by atoms with Gasteiger partial charge in [-0.1, -0.05) is 13.0 Å². The number of pyridine rings is 1. The molecule has 122 valence electrons. The number of hydrogen-bond acceptors (Lipinski definition) is 3. The van der Waals surface area contributed by atoms with Gasteiger partial charge in [-0.05, 0) is 37.8 Å². The number of aromatic nitrogens is 3. The molecular formula is C17H23N5O. The molecule has 2 amide bonds. The smallest absolute Gasteiger partial charge is 0.317 e. The van der Waals surface area contributed by atoms with Gasteiger partial charge in [-0.2, -0.15) is 5.10 Å². The van der Waals surface area contributed by atoms with Crippen LogP contribution < -0.4 is 5.32 Å². The van der Waals surface area contributed by atoms with Crippen molar-refractivity contribution in [2.24, 2.45) is 0 Å². The summed E-state index contributed by atoms with van der Waals surface area (Å²) in [7, 11) is 0. The van der Waals surface area contributed by atoms with Crippen LogP contribution in [0.25, 0.3) is 5.82 Å². The topological polar surface area (TPSA) is 63.1 Å². The maximum atomic E-state index is 12.5. The minimum atomic E-state index is 0.0202. The molecule has 0 aliphatic carbocycles. The van der Waals surface area contributed by atoms with E-state index in [1.54, 1.807) is 17.1 Å². The van der Waals surface area contributed by atoms with Gasteiger partial charge in [-0.15, -0.1) is 0 Å². The van der Waals surface area contributed by atoms with Crippen molar-refractivity contribution in [3.8, 4) is 5.82 Å². The SMILES string of the molecule is CCC1CCCCN1C(=O)NCc1cccnc1-n1cccn1. The van der Waals surface area contributed by atoms with Crippen LogP contribution >= 0.6 is 0 Å². The van der Waals surface area contributed by atoms with Gasteiger partial charge in [-0.25, -0.2) is 14.5 Å². The Morgan fingerprint density at radius 2 is 2.26 bits per heavy atom. The first kappa shape index (κ1) is 15.5. The molecule has 0 bridgehead atoms. The predicted molar refractivity (Wildman–Crippen MR) is 88.2 cm³/mol. The van der Waals surface area contributed by atoms with Crippen LogP contribution in [0.15, 0.2) is 36.8 Å². The molecule has 6 heteroatoms. The van der Waals surface area contributed by atoms with E-state index in [-0.39, 0.29) is 6.03 Å². The van der Waals surface area contributed by atoms with Crippen molar-refractivity contribution in [1.82, 2.24) is 25.0 Å². The summed E-state index contributed by atoms with van der Waals surface area (Å²) in [6.07, 6.45) is 9.74. The molecule has 3 heterocycles. The third-order valence-electron chi connectivity index (χ3n) is 4.38. The molecule has 0 radical (unpaired) electrons. The maximum absolute atomic E-state index is 12.5. The zero-order chi connectivity index (χ0) is 16.1. The molecule has 1 atom stereocenters. The predicted octanol–water partition coefficient (Wildman–Crippen LogP) is 2.74. The summed E-state index contributed by atoms with van der Waals surface area (Å²) >= 11 is 0. The lowest BCUT2D eigenvalue weighted by Gasteiger charge is -2.35. The van der Waals surface area contributed by atoms with Gasteiger partial charge in [0.1, 0.15) is 0 Å². The van der Waals surface area contributed by atoms with Crippen molar-refractivity contribution in [3.63, 3.8) is 0 Å². The molecule has 1 aliphatic heterocycles. The van der Waals surface area contributed by atoms with E-state index < -0.39 is 0 Å². The van der Waals surface area contributed by atoms with Gasteiger partial charge in [0.05, 0.1) is 0 Å². The zero-order valence-electron chi connectivity index (χ0n) is 13.5. The molecule has 23 heavy (non-hydrogen) atoms. The van der Waals surface area contributed by atoms with E-state index in [0.29, 0.717) is 12.6 Å². The molecule has 0 spiro atoms. The van der Waals surface area contributed by atoms with E-state index >= 15 is 0 Å². The van der Waals surface area contributed by atoms with E-state index in [0.717, 1.165) is 37.2 Å². The second-order valence-electron chi connectivity index (χ2n) is 5.85. The highest BCUT2D eigenvalue weighted by atomic mass is 16.2. The molecule has 6 nitrogen and oxygen atoms in total. The highest BCUT2D eigenvalue weighted by Crippen LogP contribution is 2.19. The van der Waals surface area contributed by atoms with Gasteiger partial charge in [0.15, 0.2) is 5.82 Å². The van der Waals surface area contributed by atoms with Crippen molar-refractivity contribution in [2.45, 2.75) is 45.2 Å². The first-order valence-electron chi connectivity index (χ1n) is 8.28. The summed E-state index contributed by atoms with van der Waals surface area (Å²) in [4.78, 5) is 18.9. The van der Waals surface area contributed by atoms with Gasteiger partial charge in [0.25, 0.3) is 0 Å². The van der Waals surface area contributed by atoms with E-state index in [4.69, 9.17) is 0 Å². The summed E-state index contributed by atoms with van der Waals surface area (Å²) in [5.74, 6) is 0.753. The fourth-order valence-corrected chi connectivity index (χ4v) is 3.13. The molecule has 1 unspecified atom stereocenters. The van der Waals surface area contributed by atoms with Crippen LogP contribution in [-0.2, 0) is 6.54 Å². The lowest BCUT2D eigenvalue weighted by atomic mass is 10.0. The number of nitrogens with one attached hydrogen (secondary N) is 1. The third kappa shape index (κ3) is 3.52. The third-order valence-corrected chi connectivity index (χ3v) is 4.38. The van der Waals surface area contributed by atoms with E-state index in [1.807, 2.05) is 29.3 Å². The van der Waals surface area contributed by atoms with Gasteiger partial charge in [0, 0.05) is 43.3 Å². The van der Waals surface area contributed by atoms with Crippen molar-refractivity contribution in [1.29, 1.82) is 0 Å². The van der Waals surface area contributed by atoms with Crippen molar-refractivity contribution in [3.05, 3.63) is 42.4 Å². The fraction of sp³-hybridized carbons (Fsp3) is 0.471. The van der Waals surface area contributed by atoms with E-state index in [2.05, 4.69) is 22.3 Å². The first-order chi connectivity index (χ1) is 11.3. The van der Waals surface area contributed by atoms with Crippen molar-refractivity contribution in [2.75, 3.05) is 6.54 Å². The Morgan fingerprint density at radius 1 is 1.35 bits per heavy atom. The quantitative estimate of drug-likeness (QED) is 0.944. The minimum absolute atomic E-state index is 0.0202. The molecule has 2 aromatic heterocycles. The molecule has 1 aliphatic rings. The summed E-state index contributed by atoms with van der Waals surface area (Å²) < 4.78 is 1.72. The van der Waals surface area contributed by atoms with Gasteiger partial charge < -0.3 is 10.2 Å². The van der Waals surface area contributed by atoms with Crippen LogP contribution in [0.4, 0.5) is 4.79 Å². The van der Waals surface area contributed by atoms with Crippen LogP contribution in [0.2, 0.25) is 0 Å². The van der Waals surface area contributed by atoms with Crippen molar-refractivity contribution >= 4 is 6.03 Å². The van der Waals surface area contributed by atoms with Gasteiger partial charge >= 0.3 is 6.03 Å². The monoisotopic (exact) mass is 313 g/mol. The van der Waals surface area contributed by atoms with Gasteiger partial charge in [-0.3, -0.25) is 0 Å². The first-order valence-corrected chi connectivity index (χ1v) is 8.28. The number of hydrogen-bond donors (Lipinski definition) is 1. The summed E-state index contributed by atoms with van der Waals surface area (Å²) in [5.41, 5.74) is 0.953. The van der Waals surface area contributed by atoms with Crippen molar-refractivity contribution < 1.29 is 4.79 Å². The number of carbonyl (C=O) groups is 1. The zero-order valence-corrected chi connectivity index (χ0v) is 13.5. The highest BCUT2D eigenvalue weighted by Gasteiger charge is 2.25. The number of carbonyl (C=O) groups excluding carboxylic acids is 1. The van der Waals surface area contributed by atoms with Crippen LogP contribution in [0.1, 0.15) is 38.2 Å². The molecule has 0 aromatic carbocycles. The number of likely N-dealkylation sites (tertiary alicyclic amines) is 1. The molecular weight excluding hydrogens is 290 g/mol. The Kier molecular flexibility index (Phi) is 4.90. The maximum Gasteiger partial charge on any atom is 0.317 e. The normalized spacial score (nSPS) is 18.0. The Morgan fingerprint density at radius 3 is 3.04 bits per heavy atom. The standard InChI is InChI=1S/C17H23N5O/c1-2-15-8-3-4-11-21(15)17(23)19-13-14-7-5-9-18-16(14)22-12-6-10-20-22/h5-7,9-10,12,15H,2-4,8,11,13H2,1H3,(H,19,23). The van der Waals surface area contributed by atoms with Crippen LogP contribution in [-0.4, -0.2) is 38.3 Å². The van der Waals surface area contributed by atoms with E-state index in [1.165, 1.54) is 6.42 Å². The Bertz CT molecular complexity index is 640. The Hall–Kier alpha value is -2.37. The largest absolute Gasteiger partial charge is 0.334 e. The van der Waals surface area contributed by atoms with Crippen LogP contribution in [0, 0.1) is 0 Å². The Labute approximate surface area is 136 Å². The second kappa shape index (κ2) is 7.26. The van der Waals surface area contributed by atoms with Crippen LogP contribution in [0.3, 0.4) is 0 Å². The summed E-state index contributed by atoms with van der Waals surface area (Å²) in [6.45, 7) is 3.45. The van der Waals surface area contributed by atoms with Crippen LogP contribution in [0.5, 0.6) is 0 Å². The number of rotatable bonds is 4. The number of piperidine rings is 1. The number of amides is 2. The van der Waals surface area contributed by atoms with Gasteiger partial charge in [0.2, 0.25) is 0 Å². The average Bonchev–Trinajstić information content (AvgIpc) is 3.14. The number of nitrogens with zero attached hydrogens (tertiary/aromatic N) is 4. The lowest BCUT2D eigenvalue weighted by Crippen LogP contribution is -2.48. The molecule has 3 rings (SSSR count). The molecule has 0 saturated carbocycles. The molecule has 1 saturated heterocycles. The molecule has 1 N–H and O–H groups in total. The summed E-state index contributed by atoms with van der Waals surface area (Å²) in [6, 6.07) is 6.09. The minimum Gasteiger partial charge on any atom is -0.334 e. The second-order valence-corrected chi connectivity index (χ2v) is 5.85. The molecule has 2 aromatic rings.